The van der Waals surface area contributed by atoms with Crippen LogP contribution in [0, 0.1) is 0 Å². The first-order chi connectivity index (χ1) is 12.1. The lowest BCUT2D eigenvalue weighted by Gasteiger charge is -2.05. The SMILES string of the molecule is CCc1ccc(NC(=O)Cc2csc(NC(=O)c3cccs3)n2)cc1. The molecule has 0 unspecified atom stereocenters. The summed E-state index contributed by atoms with van der Waals surface area (Å²) in [5, 5.41) is 9.72. The third-order valence-electron chi connectivity index (χ3n) is 3.50. The van der Waals surface area contributed by atoms with E-state index in [1.165, 1.54) is 28.2 Å². The molecule has 128 valence electrons. The number of carbonyl (C=O) groups is 2. The number of hydrogen-bond acceptors (Lipinski definition) is 5. The summed E-state index contributed by atoms with van der Waals surface area (Å²) in [6, 6.07) is 11.4. The molecule has 2 amide bonds. The molecule has 0 aliphatic heterocycles. The topological polar surface area (TPSA) is 71.1 Å². The van der Waals surface area contributed by atoms with Crippen molar-refractivity contribution < 1.29 is 9.59 Å². The maximum atomic E-state index is 12.1. The molecule has 25 heavy (non-hydrogen) atoms. The minimum atomic E-state index is -0.184. The summed E-state index contributed by atoms with van der Waals surface area (Å²) in [6.45, 7) is 2.09. The van der Waals surface area contributed by atoms with Gasteiger partial charge in [0.1, 0.15) is 0 Å². The Morgan fingerprint density at radius 3 is 2.56 bits per heavy atom. The second kappa shape index (κ2) is 8.04. The second-order valence-electron chi connectivity index (χ2n) is 5.35. The molecular formula is C18H17N3O2S2. The lowest BCUT2D eigenvalue weighted by Crippen LogP contribution is -2.15. The van der Waals surface area contributed by atoms with Crippen LogP contribution in [0.25, 0.3) is 0 Å². The molecule has 2 heterocycles. The zero-order chi connectivity index (χ0) is 17.6. The Balaban J connectivity index is 1.55. The number of rotatable bonds is 6. The first-order valence-corrected chi connectivity index (χ1v) is 9.58. The Labute approximate surface area is 153 Å². The zero-order valence-corrected chi connectivity index (χ0v) is 15.2. The number of carbonyl (C=O) groups excluding carboxylic acids is 2. The average Bonchev–Trinajstić information content (AvgIpc) is 3.27. The Morgan fingerprint density at radius 1 is 1.08 bits per heavy atom. The average molecular weight is 371 g/mol. The van der Waals surface area contributed by atoms with Crippen LogP contribution < -0.4 is 10.6 Å². The predicted octanol–water partition coefficient (Wildman–Crippen LogP) is 4.20. The van der Waals surface area contributed by atoms with E-state index in [1.807, 2.05) is 35.7 Å². The molecule has 2 N–H and O–H groups in total. The highest BCUT2D eigenvalue weighted by Crippen LogP contribution is 2.19. The van der Waals surface area contributed by atoms with Crippen LogP contribution in [-0.2, 0) is 17.6 Å². The lowest BCUT2D eigenvalue weighted by atomic mass is 10.1. The Bertz CT molecular complexity index is 855. The van der Waals surface area contributed by atoms with Crippen molar-refractivity contribution in [1.29, 1.82) is 0 Å². The predicted molar refractivity (Wildman–Crippen MR) is 103 cm³/mol. The molecule has 5 nitrogen and oxygen atoms in total. The fourth-order valence-electron chi connectivity index (χ4n) is 2.21. The summed E-state index contributed by atoms with van der Waals surface area (Å²) < 4.78 is 0. The van der Waals surface area contributed by atoms with Gasteiger partial charge in [0.2, 0.25) is 5.91 Å². The van der Waals surface area contributed by atoms with Crippen molar-refractivity contribution in [3.63, 3.8) is 0 Å². The van der Waals surface area contributed by atoms with Crippen LogP contribution in [0.1, 0.15) is 27.9 Å². The van der Waals surface area contributed by atoms with E-state index < -0.39 is 0 Å². The zero-order valence-electron chi connectivity index (χ0n) is 13.6. The van der Waals surface area contributed by atoms with Crippen LogP contribution in [0.3, 0.4) is 0 Å². The van der Waals surface area contributed by atoms with Crippen molar-refractivity contribution in [2.24, 2.45) is 0 Å². The van der Waals surface area contributed by atoms with Gasteiger partial charge in [-0.05, 0) is 35.6 Å². The summed E-state index contributed by atoms with van der Waals surface area (Å²) in [6.07, 6.45) is 1.13. The van der Waals surface area contributed by atoms with E-state index in [9.17, 15) is 9.59 Å². The number of benzene rings is 1. The molecule has 0 aliphatic carbocycles. The molecular weight excluding hydrogens is 354 g/mol. The summed E-state index contributed by atoms with van der Waals surface area (Å²) >= 11 is 2.68. The number of aromatic nitrogens is 1. The van der Waals surface area contributed by atoms with Gasteiger partial charge in [0.25, 0.3) is 5.91 Å². The third-order valence-corrected chi connectivity index (χ3v) is 5.18. The fraction of sp³-hybridized carbons (Fsp3) is 0.167. The Hall–Kier alpha value is -2.51. The maximum Gasteiger partial charge on any atom is 0.267 e. The molecule has 0 spiro atoms. The number of hydrogen-bond donors (Lipinski definition) is 2. The molecule has 2 aromatic heterocycles. The van der Waals surface area contributed by atoms with Crippen LogP contribution in [0.4, 0.5) is 10.8 Å². The molecule has 7 heteroatoms. The summed E-state index contributed by atoms with van der Waals surface area (Å²) in [5.74, 6) is -0.318. The van der Waals surface area contributed by atoms with E-state index in [4.69, 9.17) is 0 Å². The molecule has 0 atom stereocenters. The van der Waals surface area contributed by atoms with Crippen molar-refractivity contribution in [1.82, 2.24) is 4.98 Å². The number of thiophene rings is 1. The van der Waals surface area contributed by atoms with Gasteiger partial charge in [-0.2, -0.15) is 0 Å². The van der Waals surface area contributed by atoms with Crippen LogP contribution in [0.5, 0.6) is 0 Å². The number of amides is 2. The standard InChI is InChI=1S/C18H17N3O2S2/c1-2-12-5-7-13(8-6-12)19-16(22)10-14-11-25-18(20-14)21-17(23)15-4-3-9-24-15/h3-9,11H,2,10H2,1H3,(H,19,22)(H,20,21,23). The van der Waals surface area contributed by atoms with E-state index >= 15 is 0 Å². The molecule has 3 rings (SSSR count). The van der Waals surface area contributed by atoms with Crippen molar-refractivity contribution in [2.45, 2.75) is 19.8 Å². The van der Waals surface area contributed by atoms with E-state index in [2.05, 4.69) is 22.5 Å². The molecule has 0 saturated carbocycles. The van der Waals surface area contributed by atoms with Gasteiger partial charge in [-0.15, -0.1) is 22.7 Å². The first kappa shape index (κ1) is 17.3. The van der Waals surface area contributed by atoms with Gasteiger partial charge in [0.15, 0.2) is 5.13 Å². The number of nitrogens with one attached hydrogen (secondary N) is 2. The number of nitrogens with zero attached hydrogens (tertiary/aromatic N) is 1. The van der Waals surface area contributed by atoms with Gasteiger partial charge in [0.05, 0.1) is 17.0 Å². The van der Waals surface area contributed by atoms with Crippen LogP contribution in [-0.4, -0.2) is 16.8 Å². The van der Waals surface area contributed by atoms with Gasteiger partial charge in [-0.3, -0.25) is 14.9 Å². The lowest BCUT2D eigenvalue weighted by molar-refractivity contribution is -0.115. The maximum absolute atomic E-state index is 12.1. The van der Waals surface area contributed by atoms with Crippen molar-refractivity contribution >= 4 is 45.3 Å². The van der Waals surface area contributed by atoms with Crippen LogP contribution >= 0.6 is 22.7 Å². The first-order valence-electron chi connectivity index (χ1n) is 7.82. The number of anilines is 2. The molecule has 0 radical (unpaired) electrons. The van der Waals surface area contributed by atoms with Gasteiger partial charge in [-0.1, -0.05) is 25.1 Å². The quantitative estimate of drug-likeness (QED) is 0.682. The van der Waals surface area contributed by atoms with Crippen molar-refractivity contribution in [3.8, 4) is 0 Å². The Kier molecular flexibility index (Phi) is 5.57. The summed E-state index contributed by atoms with van der Waals surface area (Å²) in [5.41, 5.74) is 2.63. The van der Waals surface area contributed by atoms with E-state index in [-0.39, 0.29) is 18.2 Å². The summed E-state index contributed by atoms with van der Waals surface area (Å²) in [7, 11) is 0. The highest BCUT2D eigenvalue weighted by Gasteiger charge is 2.12. The minimum Gasteiger partial charge on any atom is -0.326 e. The smallest absolute Gasteiger partial charge is 0.267 e. The van der Waals surface area contributed by atoms with Gasteiger partial charge < -0.3 is 5.32 Å². The molecule has 0 saturated heterocycles. The second-order valence-corrected chi connectivity index (χ2v) is 7.16. The normalized spacial score (nSPS) is 10.4. The minimum absolute atomic E-state index is 0.134. The largest absolute Gasteiger partial charge is 0.326 e. The number of aryl methyl sites for hydroxylation is 1. The summed E-state index contributed by atoms with van der Waals surface area (Å²) in [4.78, 5) is 29.0. The molecule has 0 fully saturated rings. The van der Waals surface area contributed by atoms with E-state index in [1.54, 1.807) is 11.4 Å². The van der Waals surface area contributed by atoms with Gasteiger partial charge in [-0.25, -0.2) is 4.98 Å². The van der Waals surface area contributed by atoms with Crippen LogP contribution in [0.15, 0.2) is 47.2 Å². The van der Waals surface area contributed by atoms with Crippen LogP contribution in [0.2, 0.25) is 0 Å². The highest BCUT2D eigenvalue weighted by molar-refractivity contribution is 7.14. The van der Waals surface area contributed by atoms with Crippen molar-refractivity contribution in [2.75, 3.05) is 10.6 Å². The van der Waals surface area contributed by atoms with E-state index in [0.717, 1.165) is 12.1 Å². The van der Waals surface area contributed by atoms with Gasteiger partial charge in [0, 0.05) is 11.1 Å². The van der Waals surface area contributed by atoms with Gasteiger partial charge >= 0.3 is 0 Å². The highest BCUT2D eigenvalue weighted by atomic mass is 32.1. The number of thiazole rings is 1. The molecule has 3 aromatic rings. The molecule has 0 aliphatic rings. The van der Waals surface area contributed by atoms with Crippen molar-refractivity contribution in [3.05, 3.63) is 63.3 Å². The molecule has 0 bridgehead atoms. The van der Waals surface area contributed by atoms with E-state index in [0.29, 0.717) is 15.7 Å². The monoisotopic (exact) mass is 371 g/mol. The Morgan fingerprint density at radius 2 is 1.88 bits per heavy atom. The fourth-order valence-corrected chi connectivity index (χ4v) is 3.53. The molecule has 1 aromatic carbocycles. The third kappa shape index (κ3) is 4.74.